The van der Waals surface area contributed by atoms with Gasteiger partial charge >= 0.3 is 0 Å². The normalized spacial score (nSPS) is 29.9. The minimum Gasteiger partial charge on any atom is -0.342 e. The molecule has 0 N–H and O–H groups in total. The molecule has 1 aliphatic carbocycles. The van der Waals surface area contributed by atoms with E-state index < -0.39 is 0 Å². The summed E-state index contributed by atoms with van der Waals surface area (Å²) < 4.78 is 0. The fourth-order valence-electron chi connectivity index (χ4n) is 3.26. The predicted octanol–water partition coefficient (Wildman–Crippen LogP) is 4.09. The summed E-state index contributed by atoms with van der Waals surface area (Å²) in [4.78, 5) is 14.7. The summed E-state index contributed by atoms with van der Waals surface area (Å²) >= 11 is 5.91. The SMILES string of the molecule is CC1CCCN(C(=O)C2CC2c2ccc(Cl)cc2)CC1. The Hall–Kier alpha value is -1.02. The van der Waals surface area contributed by atoms with Crippen molar-refractivity contribution < 1.29 is 4.79 Å². The molecule has 2 fully saturated rings. The minimum absolute atomic E-state index is 0.213. The van der Waals surface area contributed by atoms with Gasteiger partial charge in [-0.2, -0.15) is 0 Å². The lowest BCUT2D eigenvalue weighted by molar-refractivity contribution is -0.132. The summed E-state index contributed by atoms with van der Waals surface area (Å²) in [6.07, 6.45) is 4.58. The van der Waals surface area contributed by atoms with Gasteiger partial charge in [0.2, 0.25) is 5.91 Å². The molecule has 0 spiro atoms. The number of rotatable bonds is 2. The molecule has 1 heterocycles. The fourth-order valence-corrected chi connectivity index (χ4v) is 3.39. The van der Waals surface area contributed by atoms with Crippen molar-refractivity contribution in [1.29, 1.82) is 0 Å². The number of halogens is 1. The van der Waals surface area contributed by atoms with Crippen molar-refractivity contribution in [1.82, 2.24) is 4.90 Å². The van der Waals surface area contributed by atoms with Gasteiger partial charge in [-0.15, -0.1) is 0 Å². The van der Waals surface area contributed by atoms with Crippen molar-refractivity contribution in [3.8, 4) is 0 Å². The average Bonchev–Trinajstić information content (AvgIpc) is 3.23. The van der Waals surface area contributed by atoms with E-state index in [4.69, 9.17) is 11.6 Å². The number of hydrogen-bond donors (Lipinski definition) is 0. The second kappa shape index (κ2) is 5.77. The molecule has 20 heavy (non-hydrogen) atoms. The van der Waals surface area contributed by atoms with Crippen molar-refractivity contribution in [3.05, 3.63) is 34.9 Å². The van der Waals surface area contributed by atoms with E-state index in [1.165, 1.54) is 12.0 Å². The van der Waals surface area contributed by atoms with E-state index >= 15 is 0 Å². The molecule has 2 aliphatic rings. The van der Waals surface area contributed by atoms with Gasteiger partial charge in [0.25, 0.3) is 0 Å². The highest BCUT2D eigenvalue weighted by Crippen LogP contribution is 2.48. The van der Waals surface area contributed by atoms with Crippen LogP contribution in [0.15, 0.2) is 24.3 Å². The molecule has 1 aliphatic heterocycles. The zero-order valence-corrected chi connectivity index (χ0v) is 12.8. The number of carbonyl (C=O) groups excluding carboxylic acids is 1. The maximum Gasteiger partial charge on any atom is 0.226 e. The smallest absolute Gasteiger partial charge is 0.226 e. The number of hydrogen-bond acceptors (Lipinski definition) is 1. The average molecular weight is 292 g/mol. The maximum atomic E-state index is 12.6. The Labute approximate surface area is 126 Å². The first-order valence-electron chi connectivity index (χ1n) is 7.69. The zero-order chi connectivity index (χ0) is 14.1. The largest absolute Gasteiger partial charge is 0.342 e. The van der Waals surface area contributed by atoms with Crippen LogP contribution in [0.4, 0.5) is 0 Å². The second-order valence-electron chi connectivity index (χ2n) is 6.36. The van der Waals surface area contributed by atoms with Crippen molar-refractivity contribution in [2.75, 3.05) is 13.1 Å². The third-order valence-electron chi connectivity index (χ3n) is 4.73. The molecule has 3 atom stereocenters. The van der Waals surface area contributed by atoms with Gasteiger partial charge in [-0.25, -0.2) is 0 Å². The summed E-state index contributed by atoms with van der Waals surface area (Å²) in [6.45, 7) is 4.19. The summed E-state index contributed by atoms with van der Waals surface area (Å²) in [7, 11) is 0. The standard InChI is InChI=1S/C17H22ClNO/c1-12-3-2-9-19(10-8-12)17(20)16-11-15(16)13-4-6-14(18)7-5-13/h4-7,12,15-16H,2-3,8-11H2,1H3. The summed E-state index contributed by atoms with van der Waals surface area (Å²) in [5.41, 5.74) is 1.26. The highest BCUT2D eigenvalue weighted by atomic mass is 35.5. The Kier molecular flexibility index (Phi) is 4.02. The van der Waals surface area contributed by atoms with Gasteiger partial charge < -0.3 is 4.90 Å². The molecule has 1 amide bonds. The van der Waals surface area contributed by atoms with Crippen LogP contribution < -0.4 is 0 Å². The molecule has 3 unspecified atom stereocenters. The molecule has 2 nitrogen and oxygen atoms in total. The monoisotopic (exact) mass is 291 g/mol. The highest BCUT2D eigenvalue weighted by Gasteiger charge is 2.45. The number of carbonyl (C=O) groups is 1. The van der Waals surface area contributed by atoms with Crippen LogP contribution in [-0.2, 0) is 4.79 Å². The molecule has 3 heteroatoms. The van der Waals surface area contributed by atoms with Crippen molar-refractivity contribution in [2.24, 2.45) is 11.8 Å². The molecule has 1 saturated carbocycles. The molecule has 108 valence electrons. The first kappa shape index (κ1) is 13.9. The first-order valence-corrected chi connectivity index (χ1v) is 8.07. The van der Waals surface area contributed by atoms with Gasteiger partial charge in [0.1, 0.15) is 0 Å². The van der Waals surface area contributed by atoms with Crippen LogP contribution in [0.2, 0.25) is 5.02 Å². The van der Waals surface area contributed by atoms with Crippen LogP contribution in [0.3, 0.4) is 0 Å². The van der Waals surface area contributed by atoms with Gasteiger partial charge in [0.05, 0.1) is 0 Å². The lowest BCUT2D eigenvalue weighted by atomic mass is 10.0. The quantitative estimate of drug-likeness (QED) is 0.803. The topological polar surface area (TPSA) is 20.3 Å². The lowest BCUT2D eigenvalue weighted by Crippen LogP contribution is -2.33. The van der Waals surface area contributed by atoms with Crippen molar-refractivity contribution >= 4 is 17.5 Å². The number of nitrogens with zero attached hydrogens (tertiary/aromatic N) is 1. The van der Waals surface area contributed by atoms with Gasteiger partial charge in [0.15, 0.2) is 0 Å². The third kappa shape index (κ3) is 3.01. The van der Waals surface area contributed by atoms with Crippen LogP contribution in [0.1, 0.15) is 44.1 Å². The van der Waals surface area contributed by atoms with Crippen molar-refractivity contribution in [3.63, 3.8) is 0 Å². The number of benzene rings is 1. The Morgan fingerprint density at radius 2 is 1.95 bits per heavy atom. The van der Waals surface area contributed by atoms with Crippen LogP contribution in [0.5, 0.6) is 0 Å². The Morgan fingerprint density at radius 3 is 2.70 bits per heavy atom. The van der Waals surface area contributed by atoms with Gasteiger partial charge in [-0.1, -0.05) is 30.7 Å². The lowest BCUT2D eigenvalue weighted by Gasteiger charge is -2.20. The van der Waals surface area contributed by atoms with Crippen LogP contribution in [0, 0.1) is 11.8 Å². The molecule has 1 aromatic rings. The van der Waals surface area contributed by atoms with Gasteiger partial charge in [-0.3, -0.25) is 4.79 Å². The van der Waals surface area contributed by atoms with Crippen molar-refractivity contribution in [2.45, 2.75) is 38.5 Å². The summed E-state index contributed by atoms with van der Waals surface area (Å²) in [6, 6.07) is 7.96. The van der Waals surface area contributed by atoms with E-state index in [1.807, 2.05) is 12.1 Å². The second-order valence-corrected chi connectivity index (χ2v) is 6.80. The molecular weight excluding hydrogens is 270 g/mol. The fraction of sp³-hybridized carbons (Fsp3) is 0.588. The van der Waals surface area contributed by atoms with E-state index in [9.17, 15) is 4.79 Å². The third-order valence-corrected chi connectivity index (χ3v) is 4.99. The Morgan fingerprint density at radius 1 is 1.20 bits per heavy atom. The molecule has 1 saturated heterocycles. The Balaban J connectivity index is 1.60. The van der Waals surface area contributed by atoms with Crippen LogP contribution in [-0.4, -0.2) is 23.9 Å². The van der Waals surface area contributed by atoms with Gasteiger partial charge in [-0.05, 0) is 55.2 Å². The van der Waals surface area contributed by atoms with E-state index in [1.54, 1.807) is 0 Å². The maximum absolute atomic E-state index is 12.6. The molecular formula is C17H22ClNO. The number of amides is 1. The first-order chi connectivity index (χ1) is 9.65. The highest BCUT2D eigenvalue weighted by molar-refractivity contribution is 6.30. The van der Waals surface area contributed by atoms with Crippen LogP contribution in [0.25, 0.3) is 0 Å². The van der Waals surface area contributed by atoms with Gasteiger partial charge in [0, 0.05) is 24.0 Å². The summed E-state index contributed by atoms with van der Waals surface area (Å²) in [5.74, 6) is 1.77. The molecule has 3 rings (SSSR count). The minimum atomic E-state index is 0.213. The molecule has 1 aromatic carbocycles. The Bertz CT molecular complexity index is 484. The van der Waals surface area contributed by atoms with Crippen LogP contribution >= 0.6 is 11.6 Å². The molecule has 0 aromatic heterocycles. The predicted molar refractivity (Wildman–Crippen MR) is 81.9 cm³/mol. The van der Waals surface area contributed by atoms with E-state index in [0.29, 0.717) is 11.8 Å². The summed E-state index contributed by atoms with van der Waals surface area (Å²) in [5, 5.41) is 0.763. The zero-order valence-electron chi connectivity index (χ0n) is 12.0. The molecule has 0 bridgehead atoms. The van der Waals surface area contributed by atoms with E-state index in [-0.39, 0.29) is 5.92 Å². The molecule has 0 radical (unpaired) electrons. The van der Waals surface area contributed by atoms with E-state index in [0.717, 1.165) is 43.3 Å². The number of likely N-dealkylation sites (tertiary alicyclic amines) is 1. The van der Waals surface area contributed by atoms with E-state index in [2.05, 4.69) is 24.0 Å².